The Balaban J connectivity index is 2.15. The van der Waals surface area contributed by atoms with Crippen molar-refractivity contribution >= 4 is 6.09 Å². The van der Waals surface area contributed by atoms with Gasteiger partial charge in [-0.15, -0.1) is 0 Å². The number of amides is 1. The predicted octanol–water partition coefficient (Wildman–Crippen LogP) is 2.09. The van der Waals surface area contributed by atoms with Crippen LogP contribution in [0.1, 0.15) is 27.2 Å². The highest BCUT2D eigenvalue weighted by atomic mass is 16.6. The molecule has 1 rings (SSSR count). The average Bonchev–Trinajstić information content (AvgIpc) is 2.58. The van der Waals surface area contributed by atoms with Crippen molar-refractivity contribution in [2.45, 2.75) is 32.8 Å². The summed E-state index contributed by atoms with van der Waals surface area (Å²) in [6.07, 6.45) is 0.697. The summed E-state index contributed by atoms with van der Waals surface area (Å²) in [4.78, 5) is 11.1. The molecule has 1 atom stereocenters. The maximum Gasteiger partial charge on any atom is 0.407 e. The van der Waals surface area contributed by atoms with Crippen molar-refractivity contribution in [1.29, 1.82) is 0 Å². The van der Waals surface area contributed by atoms with Gasteiger partial charge in [0.1, 0.15) is 5.60 Å². The topological polar surface area (TPSA) is 38.3 Å². The lowest BCUT2D eigenvalue weighted by Crippen LogP contribution is -2.33. The van der Waals surface area contributed by atoms with Crippen LogP contribution in [0.25, 0.3) is 0 Å². The molecule has 0 aromatic heterocycles. The molecule has 0 aromatic rings. The van der Waals surface area contributed by atoms with E-state index in [0.717, 1.165) is 6.42 Å². The van der Waals surface area contributed by atoms with Crippen molar-refractivity contribution in [3.8, 4) is 0 Å². The summed E-state index contributed by atoms with van der Waals surface area (Å²) in [7, 11) is 0. The Hall–Kier alpha value is -0.990. The standard InChI is InChI=1S/C10H17NO2/c1-7-5-8(7)6-11-9(12)13-10(2,3)4/h8H,1,5-6H2,2-4H3,(H,11,12). The molecule has 0 aliphatic heterocycles. The first-order chi connectivity index (χ1) is 5.88. The third kappa shape index (κ3) is 3.97. The maximum absolute atomic E-state index is 11.1. The molecule has 74 valence electrons. The molecule has 1 fully saturated rings. The van der Waals surface area contributed by atoms with Gasteiger partial charge < -0.3 is 10.1 Å². The van der Waals surface area contributed by atoms with Gasteiger partial charge in [0, 0.05) is 12.5 Å². The van der Waals surface area contributed by atoms with Crippen molar-refractivity contribution in [2.75, 3.05) is 6.54 Å². The minimum absolute atomic E-state index is 0.341. The monoisotopic (exact) mass is 183 g/mol. The number of carbonyl (C=O) groups is 1. The number of hydrogen-bond acceptors (Lipinski definition) is 2. The second kappa shape index (κ2) is 3.40. The molecule has 0 radical (unpaired) electrons. The van der Waals surface area contributed by atoms with Crippen LogP contribution in [0, 0.1) is 5.92 Å². The van der Waals surface area contributed by atoms with Gasteiger partial charge in [0.15, 0.2) is 0 Å². The first kappa shape index (κ1) is 10.1. The fraction of sp³-hybridized carbons (Fsp3) is 0.700. The van der Waals surface area contributed by atoms with Crippen LogP contribution in [-0.4, -0.2) is 18.2 Å². The van der Waals surface area contributed by atoms with Gasteiger partial charge in [-0.3, -0.25) is 0 Å². The van der Waals surface area contributed by atoms with Gasteiger partial charge in [-0.1, -0.05) is 12.2 Å². The zero-order chi connectivity index (χ0) is 10.1. The molecule has 1 aliphatic rings. The third-order valence-corrected chi connectivity index (χ3v) is 1.82. The molecular weight excluding hydrogens is 166 g/mol. The van der Waals surface area contributed by atoms with Crippen molar-refractivity contribution in [3.05, 3.63) is 12.2 Å². The highest BCUT2D eigenvalue weighted by molar-refractivity contribution is 5.67. The van der Waals surface area contributed by atoms with Crippen molar-refractivity contribution in [3.63, 3.8) is 0 Å². The van der Waals surface area contributed by atoms with E-state index in [-0.39, 0.29) is 6.09 Å². The Kier molecular flexibility index (Phi) is 2.64. The number of carbonyl (C=O) groups excluding carboxylic acids is 1. The lowest BCUT2D eigenvalue weighted by molar-refractivity contribution is 0.0526. The minimum atomic E-state index is -0.412. The second-order valence-corrected chi connectivity index (χ2v) is 4.44. The lowest BCUT2D eigenvalue weighted by Gasteiger charge is -2.19. The van der Waals surface area contributed by atoms with E-state index in [2.05, 4.69) is 11.9 Å². The van der Waals surface area contributed by atoms with Crippen LogP contribution in [0.15, 0.2) is 12.2 Å². The molecule has 0 bridgehead atoms. The van der Waals surface area contributed by atoms with Crippen molar-refractivity contribution < 1.29 is 9.53 Å². The van der Waals surface area contributed by atoms with E-state index in [9.17, 15) is 4.79 Å². The minimum Gasteiger partial charge on any atom is -0.444 e. The zero-order valence-electron chi connectivity index (χ0n) is 8.52. The fourth-order valence-electron chi connectivity index (χ4n) is 0.995. The van der Waals surface area contributed by atoms with Gasteiger partial charge in [0.05, 0.1) is 0 Å². The molecule has 1 amide bonds. The molecule has 1 unspecified atom stereocenters. The quantitative estimate of drug-likeness (QED) is 0.666. The van der Waals surface area contributed by atoms with Crippen LogP contribution < -0.4 is 5.32 Å². The molecule has 0 saturated heterocycles. The highest BCUT2D eigenvalue weighted by Crippen LogP contribution is 2.34. The average molecular weight is 183 g/mol. The van der Waals surface area contributed by atoms with Gasteiger partial charge >= 0.3 is 6.09 Å². The predicted molar refractivity (Wildman–Crippen MR) is 51.5 cm³/mol. The smallest absolute Gasteiger partial charge is 0.407 e. The molecule has 1 aliphatic carbocycles. The molecule has 0 spiro atoms. The normalized spacial score (nSPS) is 21.2. The summed E-state index contributed by atoms with van der Waals surface area (Å²) in [5, 5.41) is 2.71. The van der Waals surface area contributed by atoms with Crippen LogP contribution in [-0.2, 0) is 4.74 Å². The number of hydrogen-bond donors (Lipinski definition) is 1. The zero-order valence-corrected chi connectivity index (χ0v) is 8.52. The van der Waals surface area contributed by atoms with E-state index in [4.69, 9.17) is 4.74 Å². The van der Waals surface area contributed by atoms with E-state index in [1.54, 1.807) is 0 Å². The number of ether oxygens (including phenoxy) is 1. The number of alkyl carbamates (subject to hydrolysis) is 1. The maximum atomic E-state index is 11.1. The van der Waals surface area contributed by atoms with Crippen molar-refractivity contribution in [1.82, 2.24) is 5.32 Å². The largest absolute Gasteiger partial charge is 0.444 e. The molecule has 3 nitrogen and oxygen atoms in total. The van der Waals surface area contributed by atoms with Crippen LogP contribution in [0.3, 0.4) is 0 Å². The Bertz CT molecular complexity index is 228. The summed E-state index contributed by atoms with van der Waals surface area (Å²) < 4.78 is 5.07. The Labute approximate surface area is 79.2 Å². The molecule has 0 aromatic carbocycles. The molecule has 13 heavy (non-hydrogen) atoms. The molecule has 1 N–H and O–H groups in total. The number of rotatable bonds is 2. The summed E-state index contributed by atoms with van der Waals surface area (Å²) in [6.45, 7) is 10.0. The number of nitrogens with one attached hydrogen (secondary N) is 1. The van der Waals surface area contributed by atoms with Crippen LogP contribution >= 0.6 is 0 Å². The van der Waals surface area contributed by atoms with Crippen molar-refractivity contribution in [2.24, 2.45) is 5.92 Å². The van der Waals surface area contributed by atoms with Gasteiger partial charge in [-0.2, -0.15) is 0 Å². The SMILES string of the molecule is C=C1CC1CNC(=O)OC(C)(C)C. The van der Waals surface area contributed by atoms with Gasteiger partial charge in [-0.25, -0.2) is 4.79 Å². The van der Waals surface area contributed by atoms with E-state index >= 15 is 0 Å². The van der Waals surface area contributed by atoms with E-state index in [1.165, 1.54) is 5.57 Å². The van der Waals surface area contributed by atoms with E-state index in [0.29, 0.717) is 12.5 Å². The fourth-order valence-corrected chi connectivity index (χ4v) is 0.995. The van der Waals surface area contributed by atoms with Crippen LogP contribution in [0.4, 0.5) is 4.79 Å². The van der Waals surface area contributed by atoms with E-state index in [1.807, 2.05) is 20.8 Å². The summed E-state index contributed by atoms with van der Waals surface area (Å²) in [5.74, 6) is 0.479. The third-order valence-electron chi connectivity index (χ3n) is 1.82. The summed E-state index contributed by atoms with van der Waals surface area (Å²) in [5.41, 5.74) is 0.807. The highest BCUT2D eigenvalue weighted by Gasteiger charge is 2.28. The molecule has 1 saturated carbocycles. The first-order valence-electron chi connectivity index (χ1n) is 4.53. The van der Waals surface area contributed by atoms with Crippen LogP contribution in [0.2, 0.25) is 0 Å². The summed E-state index contributed by atoms with van der Waals surface area (Å²) >= 11 is 0. The van der Waals surface area contributed by atoms with E-state index < -0.39 is 5.60 Å². The molecule has 0 heterocycles. The van der Waals surface area contributed by atoms with Gasteiger partial charge in [0.25, 0.3) is 0 Å². The second-order valence-electron chi connectivity index (χ2n) is 4.44. The molecule has 3 heteroatoms. The first-order valence-corrected chi connectivity index (χ1v) is 4.53. The van der Waals surface area contributed by atoms with Gasteiger partial charge in [-0.05, 0) is 27.2 Å². The Morgan fingerprint density at radius 3 is 2.62 bits per heavy atom. The lowest BCUT2D eigenvalue weighted by atomic mass is 10.2. The van der Waals surface area contributed by atoms with Crippen LogP contribution in [0.5, 0.6) is 0 Å². The Morgan fingerprint density at radius 2 is 2.23 bits per heavy atom. The Morgan fingerprint density at radius 1 is 1.69 bits per heavy atom. The summed E-state index contributed by atoms with van der Waals surface area (Å²) in [6, 6.07) is 0. The molecular formula is C10H17NO2. The van der Waals surface area contributed by atoms with Gasteiger partial charge in [0.2, 0.25) is 0 Å².